The number of benzene rings is 1. The Balaban J connectivity index is 2.04. The third-order valence-electron chi connectivity index (χ3n) is 2.37. The van der Waals surface area contributed by atoms with E-state index in [-0.39, 0.29) is 12.4 Å². The first-order chi connectivity index (χ1) is 8.69. The van der Waals surface area contributed by atoms with Gasteiger partial charge in [-0.2, -0.15) is 0 Å². The number of anilines is 1. The average Bonchev–Trinajstić information content (AvgIpc) is 2.40. The molecule has 0 radical (unpaired) electrons. The fourth-order valence-corrected chi connectivity index (χ4v) is 1.41. The van der Waals surface area contributed by atoms with Crippen molar-refractivity contribution in [1.29, 1.82) is 0 Å². The molecule has 3 nitrogen and oxygen atoms in total. The van der Waals surface area contributed by atoms with Gasteiger partial charge in [-0.05, 0) is 18.2 Å². The van der Waals surface area contributed by atoms with Gasteiger partial charge in [-0.25, -0.2) is 13.8 Å². The van der Waals surface area contributed by atoms with Crippen LogP contribution in [0.3, 0.4) is 0 Å². The lowest BCUT2D eigenvalue weighted by atomic mass is 10.3. The molecule has 5 heteroatoms. The van der Waals surface area contributed by atoms with Crippen LogP contribution in [-0.4, -0.2) is 12.0 Å². The highest BCUT2D eigenvalue weighted by Crippen LogP contribution is 2.19. The normalized spacial score (nSPS) is 10.2. The van der Waals surface area contributed by atoms with Crippen molar-refractivity contribution in [2.75, 3.05) is 12.4 Å². The number of hydrogen-bond acceptors (Lipinski definition) is 3. The van der Waals surface area contributed by atoms with Gasteiger partial charge in [0.15, 0.2) is 11.6 Å². The maximum atomic E-state index is 13.3. The van der Waals surface area contributed by atoms with E-state index in [1.807, 2.05) is 0 Å². The highest BCUT2D eigenvalue weighted by Gasteiger charge is 2.05. The molecule has 1 aromatic heterocycles. The van der Waals surface area contributed by atoms with Crippen LogP contribution in [0, 0.1) is 11.6 Å². The van der Waals surface area contributed by atoms with Crippen molar-refractivity contribution in [1.82, 2.24) is 4.98 Å². The largest absolute Gasteiger partial charge is 0.486 e. The van der Waals surface area contributed by atoms with Crippen LogP contribution in [0.5, 0.6) is 5.75 Å². The molecule has 1 N–H and O–H groups in total. The second-order valence-corrected chi connectivity index (χ2v) is 3.67. The fourth-order valence-electron chi connectivity index (χ4n) is 1.41. The Bertz CT molecular complexity index is 529. The molecule has 0 saturated heterocycles. The van der Waals surface area contributed by atoms with Crippen molar-refractivity contribution < 1.29 is 13.5 Å². The number of ether oxygens (including phenoxy) is 1. The lowest BCUT2D eigenvalue weighted by Gasteiger charge is -2.07. The van der Waals surface area contributed by atoms with E-state index >= 15 is 0 Å². The van der Waals surface area contributed by atoms with Crippen LogP contribution in [-0.2, 0) is 6.61 Å². The molecule has 0 saturated carbocycles. The Morgan fingerprint density at radius 1 is 1.22 bits per heavy atom. The minimum absolute atomic E-state index is 0.104. The molecule has 2 aromatic rings. The third-order valence-corrected chi connectivity index (χ3v) is 2.37. The van der Waals surface area contributed by atoms with E-state index in [0.29, 0.717) is 0 Å². The summed E-state index contributed by atoms with van der Waals surface area (Å²) in [5.74, 6) is -0.491. The zero-order valence-corrected chi connectivity index (χ0v) is 9.78. The van der Waals surface area contributed by atoms with Crippen LogP contribution >= 0.6 is 0 Å². The molecule has 0 aliphatic heterocycles. The maximum absolute atomic E-state index is 13.3. The highest BCUT2D eigenvalue weighted by atomic mass is 19.1. The number of nitrogens with one attached hydrogen (secondary N) is 1. The zero-order chi connectivity index (χ0) is 13.0. The van der Waals surface area contributed by atoms with Gasteiger partial charge in [0.2, 0.25) is 0 Å². The average molecular weight is 250 g/mol. The number of halogens is 2. The Hall–Kier alpha value is -2.17. The van der Waals surface area contributed by atoms with Gasteiger partial charge in [-0.3, -0.25) is 0 Å². The van der Waals surface area contributed by atoms with Crippen molar-refractivity contribution in [3.8, 4) is 5.75 Å². The molecule has 1 heterocycles. The minimum Gasteiger partial charge on any atom is -0.486 e. The molecule has 0 bridgehead atoms. The molecule has 0 atom stereocenters. The van der Waals surface area contributed by atoms with Crippen LogP contribution in [0.4, 0.5) is 14.6 Å². The van der Waals surface area contributed by atoms with Gasteiger partial charge in [0, 0.05) is 24.9 Å². The van der Waals surface area contributed by atoms with Crippen LogP contribution in [0.2, 0.25) is 0 Å². The summed E-state index contributed by atoms with van der Waals surface area (Å²) in [6, 6.07) is 6.68. The maximum Gasteiger partial charge on any atom is 0.165 e. The summed E-state index contributed by atoms with van der Waals surface area (Å²) in [6.45, 7) is 0.136. The van der Waals surface area contributed by atoms with Crippen LogP contribution in [0.25, 0.3) is 0 Å². The van der Waals surface area contributed by atoms with Gasteiger partial charge in [0.1, 0.15) is 18.2 Å². The molecular formula is C13H12F2N2O. The van der Waals surface area contributed by atoms with Crippen molar-refractivity contribution in [2.45, 2.75) is 6.61 Å². The second-order valence-electron chi connectivity index (χ2n) is 3.67. The minimum atomic E-state index is -0.587. The van der Waals surface area contributed by atoms with Crippen molar-refractivity contribution >= 4 is 5.82 Å². The van der Waals surface area contributed by atoms with Gasteiger partial charge in [0.05, 0.1) is 0 Å². The van der Waals surface area contributed by atoms with E-state index < -0.39 is 11.6 Å². The number of rotatable bonds is 4. The summed E-state index contributed by atoms with van der Waals surface area (Å²) in [7, 11) is 1.76. The van der Waals surface area contributed by atoms with Gasteiger partial charge in [-0.1, -0.05) is 6.07 Å². The molecule has 1 aromatic carbocycles. The first-order valence-electron chi connectivity index (χ1n) is 5.39. The van der Waals surface area contributed by atoms with E-state index in [1.54, 1.807) is 25.4 Å². The van der Waals surface area contributed by atoms with Crippen molar-refractivity contribution in [2.24, 2.45) is 0 Å². The number of nitrogens with zero attached hydrogens (tertiary/aromatic N) is 1. The molecule has 0 spiro atoms. The van der Waals surface area contributed by atoms with Gasteiger partial charge < -0.3 is 10.1 Å². The highest BCUT2D eigenvalue weighted by molar-refractivity contribution is 5.34. The summed E-state index contributed by atoms with van der Waals surface area (Å²) in [5.41, 5.74) is 0.776. The third kappa shape index (κ3) is 2.94. The number of aromatic nitrogens is 1. The molecule has 0 unspecified atom stereocenters. The summed E-state index contributed by atoms with van der Waals surface area (Å²) < 4.78 is 31.4. The molecular weight excluding hydrogens is 238 g/mol. The summed E-state index contributed by atoms with van der Waals surface area (Å²) in [4.78, 5) is 4.09. The quantitative estimate of drug-likeness (QED) is 0.905. The second kappa shape index (κ2) is 5.44. The fraction of sp³-hybridized carbons (Fsp3) is 0.154. The molecule has 0 aliphatic carbocycles. The lowest BCUT2D eigenvalue weighted by molar-refractivity contribution is 0.288. The lowest BCUT2D eigenvalue weighted by Crippen LogP contribution is -1.99. The Morgan fingerprint density at radius 3 is 2.72 bits per heavy atom. The molecule has 94 valence electrons. The van der Waals surface area contributed by atoms with E-state index in [2.05, 4.69) is 10.3 Å². The molecule has 18 heavy (non-hydrogen) atoms. The van der Waals surface area contributed by atoms with Gasteiger partial charge in [0.25, 0.3) is 0 Å². The van der Waals surface area contributed by atoms with E-state index in [4.69, 9.17) is 4.74 Å². The smallest absolute Gasteiger partial charge is 0.165 e. The standard InChI is InChI=1S/C13H12F2N2O/c1-16-13-5-2-9(7-17-13)8-18-12-6-10(14)3-4-11(12)15/h2-7H,8H2,1H3,(H,16,17). The first-order valence-corrected chi connectivity index (χ1v) is 5.39. The molecule has 0 aliphatic rings. The number of hydrogen-bond donors (Lipinski definition) is 1. The molecule has 0 amide bonds. The van der Waals surface area contributed by atoms with E-state index in [9.17, 15) is 8.78 Å². The van der Waals surface area contributed by atoms with E-state index in [1.165, 1.54) is 0 Å². The van der Waals surface area contributed by atoms with Gasteiger partial charge in [-0.15, -0.1) is 0 Å². The van der Waals surface area contributed by atoms with Crippen LogP contribution < -0.4 is 10.1 Å². The SMILES string of the molecule is CNc1ccc(COc2cc(F)ccc2F)cn1. The Kier molecular flexibility index (Phi) is 3.72. The summed E-state index contributed by atoms with van der Waals surface area (Å²) in [5, 5.41) is 2.88. The van der Waals surface area contributed by atoms with E-state index in [0.717, 1.165) is 29.6 Å². The topological polar surface area (TPSA) is 34.1 Å². The van der Waals surface area contributed by atoms with Gasteiger partial charge >= 0.3 is 0 Å². The first kappa shape index (κ1) is 12.3. The molecule has 0 fully saturated rings. The zero-order valence-electron chi connectivity index (χ0n) is 9.78. The van der Waals surface area contributed by atoms with Crippen LogP contribution in [0.1, 0.15) is 5.56 Å². The predicted molar refractivity (Wildman–Crippen MR) is 64.5 cm³/mol. The van der Waals surface area contributed by atoms with Crippen molar-refractivity contribution in [3.63, 3.8) is 0 Å². The Labute approximate surface area is 103 Å². The predicted octanol–water partition coefficient (Wildman–Crippen LogP) is 2.98. The summed E-state index contributed by atoms with van der Waals surface area (Å²) >= 11 is 0. The monoisotopic (exact) mass is 250 g/mol. The van der Waals surface area contributed by atoms with Crippen LogP contribution in [0.15, 0.2) is 36.5 Å². The Morgan fingerprint density at radius 2 is 2.06 bits per heavy atom. The summed E-state index contributed by atoms with van der Waals surface area (Å²) in [6.07, 6.45) is 1.61. The van der Waals surface area contributed by atoms with Crippen molar-refractivity contribution in [3.05, 3.63) is 53.7 Å². The molecule has 2 rings (SSSR count). The number of pyridine rings is 1.